The number of benzene rings is 1. The van der Waals surface area contributed by atoms with Gasteiger partial charge in [0.2, 0.25) is 0 Å². The number of likely N-dealkylation sites (tertiary alicyclic amines) is 1. The summed E-state index contributed by atoms with van der Waals surface area (Å²) in [6, 6.07) is 8.80. The monoisotopic (exact) mass is 349 g/mol. The highest BCUT2D eigenvalue weighted by molar-refractivity contribution is 7.12. The molecule has 0 N–H and O–H groups in total. The van der Waals surface area contributed by atoms with E-state index >= 15 is 0 Å². The zero-order valence-electron chi connectivity index (χ0n) is 13.0. The number of amides is 1. The standard InChI is InChI=1S/C17H16FNO4S/c1-22-17(21)13-9-11(23-14-6-3-2-5-12(14)18)10-19(13)16(20)15-7-4-8-24-15/h2-8,11,13H,9-10H2,1H3/t11-,13-/m0/s1. The number of hydrogen-bond acceptors (Lipinski definition) is 5. The van der Waals surface area contributed by atoms with Crippen LogP contribution in [-0.4, -0.2) is 42.6 Å². The lowest BCUT2D eigenvalue weighted by Gasteiger charge is -2.21. The molecule has 1 aromatic heterocycles. The van der Waals surface area contributed by atoms with Gasteiger partial charge in [0, 0.05) is 6.42 Å². The van der Waals surface area contributed by atoms with E-state index in [1.165, 1.54) is 35.5 Å². The van der Waals surface area contributed by atoms with E-state index in [0.717, 1.165) is 0 Å². The predicted molar refractivity (Wildman–Crippen MR) is 86.6 cm³/mol. The molecule has 0 radical (unpaired) electrons. The molecule has 1 aliphatic rings. The van der Waals surface area contributed by atoms with Crippen LogP contribution in [0.2, 0.25) is 0 Å². The van der Waals surface area contributed by atoms with Crippen molar-refractivity contribution < 1.29 is 23.5 Å². The van der Waals surface area contributed by atoms with Gasteiger partial charge in [0.15, 0.2) is 11.6 Å². The number of rotatable bonds is 4. The molecule has 2 atom stereocenters. The topological polar surface area (TPSA) is 55.8 Å². The highest BCUT2D eigenvalue weighted by Gasteiger charge is 2.42. The van der Waals surface area contributed by atoms with E-state index in [1.807, 2.05) is 0 Å². The zero-order chi connectivity index (χ0) is 17.1. The number of hydrogen-bond donors (Lipinski definition) is 0. The number of carbonyl (C=O) groups is 2. The van der Waals surface area contributed by atoms with Crippen LogP contribution in [-0.2, 0) is 9.53 Å². The molecule has 1 saturated heterocycles. The lowest BCUT2D eigenvalue weighted by molar-refractivity contribution is -0.145. The van der Waals surface area contributed by atoms with Crippen molar-refractivity contribution in [2.75, 3.05) is 13.7 Å². The second kappa shape index (κ2) is 7.00. The van der Waals surface area contributed by atoms with Crippen molar-refractivity contribution in [2.45, 2.75) is 18.6 Å². The maximum atomic E-state index is 13.7. The third-order valence-electron chi connectivity index (χ3n) is 3.86. The van der Waals surface area contributed by atoms with Crippen LogP contribution in [0.3, 0.4) is 0 Å². The minimum absolute atomic E-state index is 0.108. The average Bonchev–Trinajstić information content (AvgIpc) is 3.25. The molecule has 5 nitrogen and oxygen atoms in total. The number of thiophene rings is 1. The van der Waals surface area contributed by atoms with Crippen molar-refractivity contribution >= 4 is 23.2 Å². The summed E-state index contributed by atoms with van der Waals surface area (Å²) < 4.78 is 24.2. The van der Waals surface area contributed by atoms with E-state index in [1.54, 1.807) is 29.6 Å². The summed E-state index contributed by atoms with van der Waals surface area (Å²) in [6.45, 7) is 0.199. The lowest BCUT2D eigenvalue weighted by Crippen LogP contribution is -2.41. The van der Waals surface area contributed by atoms with Crippen LogP contribution in [0.1, 0.15) is 16.1 Å². The Morgan fingerprint density at radius 1 is 1.25 bits per heavy atom. The molecule has 7 heteroatoms. The number of nitrogens with zero attached hydrogens (tertiary/aromatic N) is 1. The van der Waals surface area contributed by atoms with Crippen LogP contribution in [0.5, 0.6) is 5.75 Å². The molecule has 1 amide bonds. The van der Waals surface area contributed by atoms with E-state index in [4.69, 9.17) is 9.47 Å². The van der Waals surface area contributed by atoms with Crippen molar-refractivity contribution in [2.24, 2.45) is 0 Å². The predicted octanol–water partition coefficient (Wildman–Crippen LogP) is 2.72. The second-order valence-corrected chi connectivity index (χ2v) is 6.33. The van der Waals surface area contributed by atoms with Gasteiger partial charge < -0.3 is 14.4 Å². The molecular formula is C17H16FNO4S. The molecule has 1 fully saturated rings. The largest absolute Gasteiger partial charge is 0.485 e. The van der Waals surface area contributed by atoms with Gasteiger partial charge in [0.25, 0.3) is 5.91 Å². The molecule has 0 unspecified atom stereocenters. The maximum Gasteiger partial charge on any atom is 0.328 e. The summed E-state index contributed by atoms with van der Waals surface area (Å²) in [7, 11) is 1.28. The van der Waals surface area contributed by atoms with E-state index < -0.39 is 23.9 Å². The minimum Gasteiger partial charge on any atom is -0.485 e. The third kappa shape index (κ3) is 3.26. The van der Waals surface area contributed by atoms with Crippen molar-refractivity contribution in [1.29, 1.82) is 0 Å². The first-order valence-electron chi connectivity index (χ1n) is 7.43. The summed E-state index contributed by atoms with van der Waals surface area (Å²) in [6.07, 6.45) is -0.215. The Balaban J connectivity index is 1.79. The Morgan fingerprint density at radius 2 is 2.04 bits per heavy atom. The Labute approximate surface area is 142 Å². The SMILES string of the molecule is COC(=O)[C@@H]1C[C@H](Oc2ccccc2F)CN1C(=O)c1cccs1. The first-order chi connectivity index (χ1) is 11.6. The molecule has 24 heavy (non-hydrogen) atoms. The highest BCUT2D eigenvalue weighted by atomic mass is 32.1. The fourth-order valence-corrected chi connectivity index (χ4v) is 3.41. The van der Waals surface area contributed by atoms with Gasteiger partial charge in [-0.2, -0.15) is 0 Å². The molecule has 0 spiro atoms. The summed E-state index contributed by atoms with van der Waals surface area (Å²) >= 11 is 1.30. The highest BCUT2D eigenvalue weighted by Crippen LogP contribution is 2.27. The van der Waals surface area contributed by atoms with Gasteiger partial charge in [-0.3, -0.25) is 4.79 Å². The maximum absolute atomic E-state index is 13.7. The number of methoxy groups -OCH3 is 1. The van der Waals surface area contributed by atoms with Gasteiger partial charge in [-0.1, -0.05) is 18.2 Å². The fourth-order valence-electron chi connectivity index (χ4n) is 2.73. The number of halogens is 1. The molecule has 0 saturated carbocycles. The first kappa shape index (κ1) is 16.4. The van der Waals surface area contributed by atoms with E-state index in [0.29, 0.717) is 4.88 Å². The van der Waals surface area contributed by atoms with Gasteiger partial charge in [-0.25, -0.2) is 9.18 Å². The van der Waals surface area contributed by atoms with Crippen LogP contribution in [0.4, 0.5) is 4.39 Å². The molecule has 1 aliphatic heterocycles. The van der Waals surface area contributed by atoms with E-state index in [9.17, 15) is 14.0 Å². The Hall–Kier alpha value is -2.41. The van der Waals surface area contributed by atoms with Crippen LogP contribution in [0.25, 0.3) is 0 Å². The normalized spacial score (nSPS) is 20.0. The molecule has 2 aromatic rings. The fraction of sp³-hybridized carbons (Fsp3) is 0.294. The molecule has 0 bridgehead atoms. The van der Waals surface area contributed by atoms with Crippen LogP contribution >= 0.6 is 11.3 Å². The average molecular weight is 349 g/mol. The Kier molecular flexibility index (Phi) is 4.80. The summed E-state index contributed by atoms with van der Waals surface area (Å²) in [5.41, 5.74) is 0. The summed E-state index contributed by atoms with van der Waals surface area (Å²) in [4.78, 5) is 26.6. The zero-order valence-corrected chi connectivity index (χ0v) is 13.8. The van der Waals surface area contributed by atoms with Crippen molar-refractivity contribution in [3.05, 3.63) is 52.5 Å². The first-order valence-corrected chi connectivity index (χ1v) is 8.31. The van der Waals surface area contributed by atoms with Gasteiger partial charge in [0.1, 0.15) is 12.1 Å². The van der Waals surface area contributed by atoms with E-state index in [-0.39, 0.29) is 24.6 Å². The lowest BCUT2D eigenvalue weighted by atomic mass is 10.2. The molecule has 126 valence electrons. The van der Waals surface area contributed by atoms with Crippen molar-refractivity contribution in [3.8, 4) is 5.75 Å². The van der Waals surface area contributed by atoms with Crippen LogP contribution in [0.15, 0.2) is 41.8 Å². The van der Waals surface area contributed by atoms with Crippen LogP contribution in [0, 0.1) is 5.82 Å². The minimum atomic E-state index is -0.735. The number of para-hydroxylation sites is 1. The number of carbonyl (C=O) groups excluding carboxylic acids is 2. The van der Waals surface area contributed by atoms with Crippen molar-refractivity contribution in [3.63, 3.8) is 0 Å². The van der Waals surface area contributed by atoms with Gasteiger partial charge >= 0.3 is 5.97 Å². The second-order valence-electron chi connectivity index (χ2n) is 5.38. The summed E-state index contributed by atoms with van der Waals surface area (Å²) in [5, 5.41) is 1.80. The van der Waals surface area contributed by atoms with Crippen LogP contribution < -0.4 is 4.74 Å². The molecule has 0 aliphatic carbocycles. The van der Waals surface area contributed by atoms with Gasteiger partial charge in [-0.05, 0) is 23.6 Å². The smallest absolute Gasteiger partial charge is 0.328 e. The number of ether oxygens (including phenoxy) is 2. The molecule has 2 heterocycles. The Bertz CT molecular complexity index is 734. The van der Waals surface area contributed by atoms with E-state index in [2.05, 4.69) is 0 Å². The molecular weight excluding hydrogens is 333 g/mol. The van der Waals surface area contributed by atoms with Gasteiger partial charge in [0.05, 0.1) is 18.5 Å². The Morgan fingerprint density at radius 3 is 2.71 bits per heavy atom. The van der Waals surface area contributed by atoms with Crippen molar-refractivity contribution in [1.82, 2.24) is 4.90 Å². The molecule has 1 aromatic carbocycles. The third-order valence-corrected chi connectivity index (χ3v) is 4.72. The quantitative estimate of drug-likeness (QED) is 0.797. The number of esters is 1. The molecule has 3 rings (SSSR count). The van der Waals surface area contributed by atoms with Gasteiger partial charge in [-0.15, -0.1) is 11.3 Å². The summed E-state index contributed by atoms with van der Waals surface area (Å²) in [5.74, 6) is -1.12.